The predicted octanol–water partition coefficient (Wildman–Crippen LogP) is 1.78. The molecular formula is C19H14N2O4. The van der Waals surface area contributed by atoms with Crippen molar-refractivity contribution in [3.05, 3.63) is 77.9 Å². The summed E-state index contributed by atoms with van der Waals surface area (Å²) >= 11 is 0. The summed E-state index contributed by atoms with van der Waals surface area (Å²) in [5, 5.41) is 2.59. The van der Waals surface area contributed by atoms with Crippen molar-refractivity contribution in [2.24, 2.45) is 0 Å². The van der Waals surface area contributed by atoms with E-state index < -0.39 is 17.7 Å². The van der Waals surface area contributed by atoms with Crippen molar-refractivity contribution < 1.29 is 19.2 Å². The van der Waals surface area contributed by atoms with Gasteiger partial charge in [-0.25, -0.2) is 0 Å². The Morgan fingerprint density at radius 3 is 1.96 bits per heavy atom. The lowest BCUT2D eigenvalue weighted by atomic mass is 10.0. The van der Waals surface area contributed by atoms with E-state index in [1.54, 1.807) is 48.5 Å². The molecule has 124 valence electrons. The first kappa shape index (κ1) is 16.3. The first-order valence-electron chi connectivity index (χ1n) is 7.58. The highest BCUT2D eigenvalue weighted by Gasteiger charge is 2.25. The molecule has 0 aromatic heterocycles. The minimum absolute atomic E-state index is 0.113. The van der Waals surface area contributed by atoms with E-state index in [0.29, 0.717) is 16.8 Å². The molecule has 0 fully saturated rings. The van der Waals surface area contributed by atoms with Crippen LogP contribution >= 0.6 is 0 Å². The van der Waals surface area contributed by atoms with Crippen molar-refractivity contribution in [3.63, 3.8) is 0 Å². The third kappa shape index (κ3) is 3.69. The second-order valence-electron chi connectivity index (χ2n) is 5.42. The number of carbonyl (C=O) groups is 4. The van der Waals surface area contributed by atoms with E-state index >= 15 is 0 Å². The van der Waals surface area contributed by atoms with Crippen molar-refractivity contribution >= 4 is 29.2 Å². The zero-order valence-corrected chi connectivity index (χ0v) is 13.1. The number of rotatable bonds is 5. The number of carbonyl (C=O) groups excluding carboxylic acids is 4. The molecule has 25 heavy (non-hydrogen) atoms. The van der Waals surface area contributed by atoms with Crippen molar-refractivity contribution in [2.75, 3.05) is 11.9 Å². The number of benzene rings is 2. The van der Waals surface area contributed by atoms with E-state index in [1.165, 1.54) is 0 Å². The average Bonchev–Trinajstić information content (AvgIpc) is 2.94. The van der Waals surface area contributed by atoms with E-state index in [-0.39, 0.29) is 12.3 Å². The minimum atomic E-state index is -0.510. The zero-order valence-electron chi connectivity index (χ0n) is 13.1. The Morgan fingerprint density at radius 1 is 0.800 bits per heavy atom. The van der Waals surface area contributed by atoms with Crippen molar-refractivity contribution in [3.8, 4) is 0 Å². The Bertz CT molecular complexity index is 852. The summed E-state index contributed by atoms with van der Waals surface area (Å²) in [5.41, 5.74) is 1.55. The Hall–Kier alpha value is -3.54. The molecule has 1 N–H and O–H groups in total. The van der Waals surface area contributed by atoms with E-state index in [4.69, 9.17) is 0 Å². The van der Waals surface area contributed by atoms with Crippen LogP contribution in [0.1, 0.15) is 15.9 Å². The molecule has 0 saturated carbocycles. The lowest BCUT2D eigenvalue weighted by Crippen LogP contribution is -2.37. The van der Waals surface area contributed by atoms with E-state index in [2.05, 4.69) is 5.32 Å². The van der Waals surface area contributed by atoms with Crippen LogP contribution in [0.2, 0.25) is 0 Å². The predicted molar refractivity (Wildman–Crippen MR) is 90.8 cm³/mol. The Kier molecular flexibility index (Phi) is 4.52. The van der Waals surface area contributed by atoms with Crippen LogP contribution in [-0.2, 0) is 14.4 Å². The SMILES string of the molecule is O=C(CN1C(=O)C=CC1=O)Nc1ccc(C(=O)c2ccccc2)cc1. The summed E-state index contributed by atoms with van der Waals surface area (Å²) in [6.07, 6.45) is 2.25. The monoisotopic (exact) mass is 334 g/mol. The summed E-state index contributed by atoms with van der Waals surface area (Å²) in [4.78, 5) is 48.0. The van der Waals surface area contributed by atoms with Gasteiger partial charge in [-0.05, 0) is 24.3 Å². The third-order valence-electron chi connectivity index (χ3n) is 3.67. The summed E-state index contributed by atoms with van der Waals surface area (Å²) < 4.78 is 0. The van der Waals surface area contributed by atoms with Gasteiger partial charge in [0.15, 0.2) is 5.78 Å². The van der Waals surface area contributed by atoms with Crippen molar-refractivity contribution in [2.45, 2.75) is 0 Å². The first-order chi connectivity index (χ1) is 12.0. The average molecular weight is 334 g/mol. The maximum atomic E-state index is 12.3. The second-order valence-corrected chi connectivity index (χ2v) is 5.42. The molecule has 1 aliphatic rings. The molecule has 0 unspecified atom stereocenters. The number of hydrogen-bond acceptors (Lipinski definition) is 4. The summed E-state index contributed by atoms with van der Waals surface area (Å²) in [5.74, 6) is -1.63. The van der Waals surface area contributed by atoms with Crippen LogP contribution in [0.3, 0.4) is 0 Å². The van der Waals surface area contributed by atoms with Gasteiger partial charge in [0.05, 0.1) is 0 Å². The summed E-state index contributed by atoms with van der Waals surface area (Å²) in [7, 11) is 0. The topological polar surface area (TPSA) is 83.6 Å². The lowest BCUT2D eigenvalue weighted by Gasteiger charge is -2.13. The zero-order chi connectivity index (χ0) is 17.8. The number of nitrogens with one attached hydrogen (secondary N) is 1. The number of ketones is 1. The van der Waals surface area contributed by atoms with Gasteiger partial charge < -0.3 is 5.32 Å². The molecule has 1 heterocycles. The second kappa shape index (κ2) is 6.92. The van der Waals surface area contributed by atoms with Crippen LogP contribution in [0.25, 0.3) is 0 Å². The summed E-state index contributed by atoms with van der Waals surface area (Å²) in [6.45, 7) is -0.352. The van der Waals surface area contributed by atoms with Gasteiger partial charge in [-0.2, -0.15) is 0 Å². The lowest BCUT2D eigenvalue weighted by molar-refractivity contribution is -0.139. The number of anilines is 1. The maximum absolute atomic E-state index is 12.3. The standard InChI is InChI=1S/C19H14N2O4/c22-16(12-21-17(23)10-11-18(21)24)20-15-8-6-14(7-9-15)19(25)13-4-2-1-3-5-13/h1-11H,12H2,(H,20,22). The molecule has 0 aliphatic carbocycles. The van der Waals surface area contributed by atoms with Gasteiger partial charge in [-0.15, -0.1) is 0 Å². The Balaban J connectivity index is 1.63. The van der Waals surface area contributed by atoms with Crippen molar-refractivity contribution in [1.29, 1.82) is 0 Å². The Labute approximate surface area is 143 Å². The molecule has 0 saturated heterocycles. The largest absolute Gasteiger partial charge is 0.325 e. The summed E-state index contributed by atoms with van der Waals surface area (Å²) in [6, 6.07) is 15.3. The molecule has 6 heteroatoms. The van der Waals surface area contributed by atoms with E-state index in [0.717, 1.165) is 17.1 Å². The van der Waals surface area contributed by atoms with Crippen LogP contribution in [0.15, 0.2) is 66.7 Å². The van der Waals surface area contributed by atoms with Gasteiger partial charge in [0.2, 0.25) is 5.91 Å². The highest BCUT2D eigenvalue weighted by Crippen LogP contribution is 2.14. The van der Waals surface area contributed by atoms with Gasteiger partial charge in [-0.1, -0.05) is 30.3 Å². The number of amides is 3. The molecule has 6 nitrogen and oxygen atoms in total. The van der Waals surface area contributed by atoms with E-state index in [9.17, 15) is 19.2 Å². The molecule has 0 bridgehead atoms. The molecule has 1 aliphatic heterocycles. The number of hydrogen-bond donors (Lipinski definition) is 1. The maximum Gasteiger partial charge on any atom is 0.254 e. The molecular weight excluding hydrogens is 320 g/mol. The van der Waals surface area contributed by atoms with Crippen LogP contribution in [0.5, 0.6) is 0 Å². The van der Waals surface area contributed by atoms with Gasteiger partial charge in [-0.3, -0.25) is 24.1 Å². The van der Waals surface area contributed by atoms with Gasteiger partial charge in [0, 0.05) is 29.0 Å². The van der Waals surface area contributed by atoms with Gasteiger partial charge >= 0.3 is 0 Å². The smallest absolute Gasteiger partial charge is 0.254 e. The molecule has 0 atom stereocenters. The third-order valence-corrected chi connectivity index (χ3v) is 3.67. The molecule has 0 spiro atoms. The fourth-order valence-electron chi connectivity index (χ4n) is 2.39. The fraction of sp³-hybridized carbons (Fsp3) is 0.0526. The number of nitrogens with zero attached hydrogens (tertiary/aromatic N) is 1. The molecule has 3 rings (SSSR count). The number of imide groups is 1. The molecule has 3 amide bonds. The quantitative estimate of drug-likeness (QED) is 0.667. The van der Waals surface area contributed by atoms with Gasteiger partial charge in [0.1, 0.15) is 6.54 Å². The van der Waals surface area contributed by atoms with Crippen molar-refractivity contribution in [1.82, 2.24) is 4.90 Å². The van der Waals surface area contributed by atoms with Gasteiger partial charge in [0.25, 0.3) is 11.8 Å². The molecule has 2 aromatic rings. The molecule has 0 radical (unpaired) electrons. The highest BCUT2D eigenvalue weighted by molar-refractivity contribution is 6.15. The fourth-order valence-corrected chi connectivity index (χ4v) is 2.39. The van der Waals surface area contributed by atoms with Crippen LogP contribution in [0.4, 0.5) is 5.69 Å². The van der Waals surface area contributed by atoms with Crippen LogP contribution < -0.4 is 5.32 Å². The normalized spacial score (nSPS) is 13.2. The Morgan fingerprint density at radius 2 is 1.36 bits per heavy atom. The minimum Gasteiger partial charge on any atom is -0.325 e. The first-order valence-corrected chi connectivity index (χ1v) is 7.58. The van der Waals surface area contributed by atoms with Crippen LogP contribution in [-0.4, -0.2) is 34.9 Å². The van der Waals surface area contributed by atoms with Crippen LogP contribution in [0, 0.1) is 0 Å². The molecule has 2 aromatic carbocycles. The highest BCUT2D eigenvalue weighted by atomic mass is 16.2. The van der Waals surface area contributed by atoms with E-state index in [1.807, 2.05) is 6.07 Å².